The van der Waals surface area contributed by atoms with E-state index >= 15 is 0 Å². The monoisotopic (exact) mass is 518 g/mol. The molecule has 3 atom stereocenters. The van der Waals surface area contributed by atoms with E-state index in [0.29, 0.717) is 37.4 Å². The molecule has 1 spiro atoms. The predicted octanol–water partition coefficient (Wildman–Crippen LogP) is 0.394. The maximum absolute atomic E-state index is 13.0. The Bertz CT molecular complexity index is 1090. The Morgan fingerprint density at radius 3 is 2.68 bits per heavy atom. The molecule has 0 aromatic heterocycles. The van der Waals surface area contributed by atoms with E-state index < -0.39 is 17.6 Å². The van der Waals surface area contributed by atoms with Gasteiger partial charge in [-0.15, -0.1) is 4.65 Å². The number of amides is 4. The number of methoxy groups -OCH3 is 1. The maximum Gasteiger partial charge on any atom is 0.462 e. The van der Waals surface area contributed by atoms with Gasteiger partial charge in [0.1, 0.15) is 33.8 Å². The molecular weight excluding hydrogens is 482 g/mol. The van der Waals surface area contributed by atoms with Crippen LogP contribution in [0.4, 0.5) is 9.59 Å². The Kier molecular flexibility index (Phi) is 7.51. The van der Waals surface area contributed by atoms with E-state index in [9.17, 15) is 19.5 Å². The number of aliphatic hydroxyl groups excluding tert-OH is 1. The minimum Gasteiger partial charge on any atom is -0.493 e. The van der Waals surface area contributed by atoms with Gasteiger partial charge in [0.15, 0.2) is 11.5 Å². The zero-order valence-corrected chi connectivity index (χ0v) is 21.7. The summed E-state index contributed by atoms with van der Waals surface area (Å²) in [4.78, 5) is 43.4. The van der Waals surface area contributed by atoms with Gasteiger partial charge in [-0.05, 0) is 18.1 Å². The van der Waals surface area contributed by atoms with Crippen LogP contribution in [0.1, 0.15) is 24.0 Å². The van der Waals surface area contributed by atoms with Crippen LogP contribution >= 0.6 is 0 Å². The van der Waals surface area contributed by atoms with E-state index in [1.807, 2.05) is 24.3 Å². The Hall–Kier alpha value is -3.51. The number of benzene rings is 1. The van der Waals surface area contributed by atoms with Crippen molar-refractivity contribution in [3.63, 3.8) is 0 Å². The number of carbonyl (C=O) groups excluding carboxylic acids is 3. The lowest BCUT2D eigenvalue weighted by Gasteiger charge is -2.35. The lowest BCUT2D eigenvalue weighted by Crippen LogP contribution is -2.46. The second kappa shape index (κ2) is 10.5. The van der Waals surface area contributed by atoms with Crippen LogP contribution in [0.2, 0.25) is 0 Å². The molecular formula is C25H36N5O7+. The second-order valence-corrected chi connectivity index (χ2v) is 10.3. The Balaban J connectivity index is 1.33. The standard InChI is InChI=1S/C25H35N5O7/c1-30(2,3)37-24(34)28-14-20(32)26-10-11-27-23(33)29-12-9-25-8-7-17(31)13-19(25)36-22-18(35-4)6-5-16(15-29)21(22)25/h5-8,17,19,31H,9-15H2,1-4H3,(H2-,26,27,28,32,33,34)/p+1. The molecule has 3 unspecified atom stereocenters. The van der Waals surface area contributed by atoms with Gasteiger partial charge in [-0.25, -0.2) is 9.59 Å². The average molecular weight is 519 g/mol. The molecule has 4 N–H and O–H groups in total. The van der Waals surface area contributed by atoms with E-state index in [1.165, 1.54) is 0 Å². The van der Waals surface area contributed by atoms with E-state index in [0.717, 1.165) is 11.1 Å². The highest BCUT2D eigenvalue weighted by Crippen LogP contribution is 2.55. The molecule has 0 saturated carbocycles. The molecule has 1 aliphatic carbocycles. The quantitative estimate of drug-likeness (QED) is 0.177. The zero-order valence-electron chi connectivity index (χ0n) is 21.7. The highest BCUT2D eigenvalue weighted by molar-refractivity contribution is 5.82. The molecule has 4 rings (SSSR count). The molecule has 202 valence electrons. The Labute approximate surface area is 216 Å². The summed E-state index contributed by atoms with van der Waals surface area (Å²) in [6, 6.07) is 3.57. The van der Waals surface area contributed by atoms with E-state index in [4.69, 9.17) is 14.3 Å². The number of carbonyl (C=O) groups is 3. The largest absolute Gasteiger partial charge is 0.493 e. The van der Waals surface area contributed by atoms with Crippen molar-refractivity contribution in [2.75, 3.05) is 54.4 Å². The van der Waals surface area contributed by atoms with Crippen LogP contribution < -0.4 is 25.4 Å². The summed E-state index contributed by atoms with van der Waals surface area (Å²) in [6.07, 6.45) is 3.46. The topological polar surface area (TPSA) is 138 Å². The number of hydrogen-bond acceptors (Lipinski definition) is 7. The molecule has 1 aromatic carbocycles. The maximum atomic E-state index is 13.0. The third-order valence-corrected chi connectivity index (χ3v) is 6.72. The second-order valence-electron chi connectivity index (χ2n) is 10.3. The van der Waals surface area contributed by atoms with Crippen molar-refractivity contribution in [3.05, 3.63) is 35.4 Å². The minimum absolute atomic E-state index is 0.0254. The number of rotatable bonds is 7. The van der Waals surface area contributed by atoms with Crippen LogP contribution in [-0.4, -0.2) is 99.3 Å². The van der Waals surface area contributed by atoms with Crippen molar-refractivity contribution >= 4 is 18.0 Å². The molecule has 0 bridgehead atoms. The van der Waals surface area contributed by atoms with Crippen LogP contribution in [0.15, 0.2) is 24.3 Å². The van der Waals surface area contributed by atoms with Crippen LogP contribution in [0.25, 0.3) is 0 Å². The number of nitrogens with one attached hydrogen (secondary N) is 3. The van der Waals surface area contributed by atoms with Crippen LogP contribution in [-0.2, 0) is 21.6 Å². The molecule has 0 fully saturated rings. The third kappa shape index (κ3) is 5.75. The lowest BCUT2D eigenvalue weighted by molar-refractivity contribution is -1.04. The summed E-state index contributed by atoms with van der Waals surface area (Å²) in [5.74, 6) is 0.941. The summed E-state index contributed by atoms with van der Waals surface area (Å²) in [5, 5.41) is 18.1. The molecule has 3 aliphatic rings. The van der Waals surface area contributed by atoms with Gasteiger partial charge in [0.25, 0.3) is 0 Å². The minimum atomic E-state index is -0.695. The normalized spacial score (nSPS) is 23.6. The van der Waals surface area contributed by atoms with Crippen molar-refractivity contribution in [2.24, 2.45) is 0 Å². The van der Waals surface area contributed by atoms with Crippen molar-refractivity contribution in [1.29, 1.82) is 0 Å². The highest BCUT2D eigenvalue weighted by atomic mass is 16.7. The Morgan fingerprint density at radius 2 is 1.95 bits per heavy atom. The van der Waals surface area contributed by atoms with Crippen molar-refractivity contribution in [3.8, 4) is 11.5 Å². The highest BCUT2D eigenvalue weighted by Gasteiger charge is 2.53. The van der Waals surface area contributed by atoms with Crippen molar-refractivity contribution < 1.29 is 38.4 Å². The fraction of sp³-hybridized carbons (Fsp3) is 0.560. The molecule has 0 saturated heterocycles. The number of nitrogens with zero attached hydrogens (tertiary/aromatic N) is 2. The first-order valence-electron chi connectivity index (χ1n) is 12.3. The molecule has 4 amide bonds. The molecule has 2 aliphatic heterocycles. The smallest absolute Gasteiger partial charge is 0.462 e. The number of ether oxygens (including phenoxy) is 2. The van der Waals surface area contributed by atoms with Gasteiger partial charge in [-0.3, -0.25) is 9.63 Å². The summed E-state index contributed by atoms with van der Waals surface area (Å²) in [6.45, 7) is 1.11. The lowest BCUT2D eigenvalue weighted by atomic mass is 9.69. The van der Waals surface area contributed by atoms with E-state index in [2.05, 4.69) is 16.0 Å². The SMILES string of the molecule is COc1ccc2c3c1OC1CC(O)C=CC31CCN(C(=O)NCCNC(=O)CNC(=O)O[N+](C)(C)C)C2. The summed E-state index contributed by atoms with van der Waals surface area (Å²) in [5.41, 5.74) is 1.58. The van der Waals surface area contributed by atoms with E-state index in [1.54, 1.807) is 33.2 Å². The number of urea groups is 1. The van der Waals surface area contributed by atoms with Crippen molar-refractivity contribution in [1.82, 2.24) is 20.9 Å². The van der Waals surface area contributed by atoms with Gasteiger partial charge in [0.05, 0.1) is 18.6 Å². The number of quaternary nitrogens is 1. The Morgan fingerprint density at radius 1 is 1.19 bits per heavy atom. The van der Waals surface area contributed by atoms with Crippen LogP contribution in [0.3, 0.4) is 0 Å². The molecule has 12 heteroatoms. The summed E-state index contributed by atoms with van der Waals surface area (Å²) in [7, 11) is 6.63. The molecule has 0 radical (unpaired) electrons. The number of hydrogen-bond donors (Lipinski definition) is 4. The van der Waals surface area contributed by atoms with Gasteiger partial charge in [-0.1, -0.05) is 18.2 Å². The first-order valence-corrected chi connectivity index (χ1v) is 12.3. The number of hydroxylamine groups is 3. The first kappa shape index (κ1) is 26.6. The van der Waals surface area contributed by atoms with Crippen molar-refractivity contribution in [2.45, 2.75) is 37.0 Å². The van der Waals surface area contributed by atoms with E-state index in [-0.39, 0.29) is 42.3 Å². The summed E-state index contributed by atoms with van der Waals surface area (Å²) < 4.78 is 11.8. The fourth-order valence-electron chi connectivity index (χ4n) is 5.09. The first-order chi connectivity index (χ1) is 17.5. The van der Waals surface area contributed by atoms with Gasteiger partial charge < -0.3 is 35.4 Å². The third-order valence-electron chi connectivity index (χ3n) is 6.72. The average Bonchev–Trinajstić information content (AvgIpc) is 3.06. The number of aliphatic hydroxyl groups is 1. The zero-order chi connectivity index (χ0) is 26.8. The molecule has 2 heterocycles. The van der Waals surface area contributed by atoms with Crippen LogP contribution in [0.5, 0.6) is 11.5 Å². The molecule has 37 heavy (non-hydrogen) atoms. The van der Waals surface area contributed by atoms with Gasteiger partial charge in [-0.2, -0.15) is 0 Å². The summed E-state index contributed by atoms with van der Waals surface area (Å²) >= 11 is 0. The van der Waals surface area contributed by atoms with Crippen LogP contribution in [0, 0.1) is 0 Å². The van der Waals surface area contributed by atoms with Gasteiger partial charge in [0, 0.05) is 38.2 Å². The van der Waals surface area contributed by atoms with Gasteiger partial charge >= 0.3 is 12.1 Å². The molecule has 12 nitrogen and oxygen atoms in total. The fourth-order valence-corrected chi connectivity index (χ4v) is 5.09. The van der Waals surface area contributed by atoms with Gasteiger partial charge in [0.2, 0.25) is 5.91 Å². The molecule has 1 aromatic rings. The predicted molar refractivity (Wildman–Crippen MR) is 133 cm³/mol.